The Morgan fingerprint density at radius 2 is 2.05 bits per heavy atom. The quantitative estimate of drug-likeness (QED) is 0.860. The number of benzene rings is 1. The van der Waals surface area contributed by atoms with E-state index in [2.05, 4.69) is 0 Å². The van der Waals surface area contributed by atoms with Crippen LogP contribution in [0.1, 0.15) is 49.4 Å². The summed E-state index contributed by atoms with van der Waals surface area (Å²) >= 11 is 0. The molecule has 20 heavy (non-hydrogen) atoms. The third-order valence-electron chi connectivity index (χ3n) is 4.10. The number of anilines is 1. The van der Waals surface area contributed by atoms with Crippen LogP contribution in [-0.2, 0) is 0 Å². The summed E-state index contributed by atoms with van der Waals surface area (Å²) in [6.45, 7) is 2.76. The number of amides is 1. The molecule has 4 heteroatoms. The number of nitrogen functional groups attached to an aromatic ring is 1. The molecule has 4 nitrogen and oxygen atoms in total. The van der Waals surface area contributed by atoms with Gasteiger partial charge in [0, 0.05) is 12.6 Å². The first-order valence-corrected chi connectivity index (χ1v) is 7.42. The van der Waals surface area contributed by atoms with Gasteiger partial charge < -0.3 is 15.4 Å². The Bertz CT molecular complexity index is 468. The van der Waals surface area contributed by atoms with Gasteiger partial charge in [-0.15, -0.1) is 0 Å². The molecule has 0 heterocycles. The fourth-order valence-corrected chi connectivity index (χ4v) is 3.07. The molecule has 1 aromatic rings. The molecular weight excluding hydrogens is 252 g/mol. The van der Waals surface area contributed by atoms with E-state index < -0.39 is 0 Å². The van der Waals surface area contributed by atoms with E-state index in [1.54, 1.807) is 25.3 Å². The summed E-state index contributed by atoms with van der Waals surface area (Å²) in [5.41, 5.74) is 6.98. The zero-order valence-electron chi connectivity index (χ0n) is 12.4. The van der Waals surface area contributed by atoms with E-state index in [0.29, 0.717) is 23.0 Å². The fourth-order valence-electron chi connectivity index (χ4n) is 3.07. The second-order valence-corrected chi connectivity index (χ2v) is 5.31. The van der Waals surface area contributed by atoms with Crippen molar-refractivity contribution in [3.8, 4) is 5.75 Å². The number of nitrogens with zero attached hydrogens (tertiary/aromatic N) is 1. The van der Waals surface area contributed by atoms with Crippen LogP contribution in [0.4, 0.5) is 5.69 Å². The number of hydrogen-bond acceptors (Lipinski definition) is 3. The Kier molecular flexibility index (Phi) is 4.88. The number of ether oxygens (including phenoxy) is 1. The highest BCUT2D eigenvalue weighted by atomic mass is 16.5. The van der Waals surface area contributed by atoms with E-state index in [0.717, 1.165) is 19.4 Å². The van der Waals surface area contributed by atoms with Gasteiger partial charge in [0.15, 0.2) is 5.75 Å². The van der Waals surface area contributed by atoms with E-state index in [4.69, 9.17) is 10.5 Å². The van der Waals surface area contributed by atoms with Gasteiger partial charge >= 0.3 is 0 Å². The molecule has 0 radical (unpaired) electrons. The summed E-state index contributed by atoms with van der Waals surface area (Å²) in [5.74, 6) is 0.523. The van der Waals surface area contributed by atoms with Crippen molar-refractivity contribution in [1.82, 2.24) is 4.90 Å². The van der Waals surface area contributed by atoms with Gasteiger partial charge in [-0.1, -0.05) is 25.3 Å². The molecule has 0 unspecified atom stereocenters. The summed E-state index contributed by atoms with van der Waals surface area (Å²) in [6, 6.07) is 5.71. The number of para-hydroxylation sites is 1. The highest BCUT2D eigenvalue weighted by Gasteiger charge is 2.27. The number of hydrogen-bond donors (Lipinski definition) is 1. The van der Waals surface area contributed by atoms with Crippen molar-refractivity contribution < 1.29 is 9.53 Å². The van der Waals surface area contributed by atoms with Crippen molar-refractivity contribution in [3.05, 3.63) is 23.8 Å². The maximum atomic E-state index is 12.8. The molecule has 1 aromatic carbocycles. The average Bonchev–Trinajstić information content (AvgIpc) is 2.48. The minimum absolute atomic E-state index is 0.0311. The SMILES string of the molecule is CCN(C(=O)c1cccc(N)c1OC)C1CCCCC1. The number of rotatable bonds is 4. The number of methoxy groups -OCH3 is 1. The van der Waals surface area contributed by atoms with Gasteiger partial charge in [-0.2, -0.15) is 0 Å². The lowest BCUT2D eigenvalue weighted by molar-refractivity contribution is 0.0644. The maximum Gasteiger partial charge on any atom is 0.257 e. The van der Waals surface area contributed by atoms with Crippen LogP contribution in [0, 0.1) is 0 Å². The molecule has 1 amide bonds. The zero-order valence-corrected chi connectivity index (χ0v) is 12.4. The van der Waals surface area contributed by atoms with Crippen molar-refractivity contribution in [1.29, 1.82) is 0 Å². The van der Waals surface area contributed by atoms with E-state index in [-0.39, 0.29) is 5.91 Å². The Balaban J connectivity index is 2.26. The van der Waals surface area contributed by atoms with E-state index in [9.17, 15) is 4.79 Å². The van der Waals surface area contributed by atoms with Crippen LogP contribution in [-0.4, -0.2) is 30.5 Å². The van der Waals surface area contributed by atoms with Crippen molar-refractivity contribution in [2.24, 2.45) is 0 Å². The molecular formula is C16H24N2O2. The minimum atomic E-state index is 0.0311. The molecule has 0 aromatic heterocycles. The van der Waals surface area contributed by atoms with Crippen LogP contribution in [0.2, 0.25) is 0 Å². The van der Waals surface area contributed by atoms with Crippen LogP contribution < -0.4 is 10.5 Å². The average molecular weight is 276 g/mol. The van der Waals surface area contributed by atoms with Crippen molar-refractivity contribution >= 4 is 11.6 Å². The molecule has 1 saturated carbocycles. The maximum absolute atomic E-state index is 12.8. The molecule has 0 bridgehead atoms. The monoisotopic (exact) mass is 276 g/mol. The van der Waals surface area contributed by atoms with Crippen LogP contribution in [0.15, 0.2) is 18.2 Å². The van der Waals surface area contributed by atoms with Crippen LogP contribution in [0.25, 0.3) is 0 Å². The van der Waals surface area contributed by atoms with Gasteiger partial charge in [0.1, 0.15) is 0 Å². The predicted molar refractivity (Wildman–Crippen MR) is 81.0 cm³/mol. The third-order valence-corrected chi connectivity index (χ3v) is 4.10. The first kappa shape index (κ1) is 14.7. The first-order valence-electron chi connectivity index (χ1n) is 7.42. The second-order valence-electron chi connectivity index (χ2n) is 5.31. The van der Waals surface area contributed by atoms with Crippen LogP contribution >= 0.6 is 0 Å². The molecule has 0 aliphatic heterocycles. The van der Waals surface area contributed by atoms with E-state index in [1.807, 2.05) is 11.8 Å². The Hall–Kier alpha value is -1.71. The van der Waals surface area contributed by atoms with E-state index in [1.165, 1.54) is 19.3 Å². The molecule has 1 fully saturated rings. The van der Waals surface area contributed by atoms with Crippen molar-refractivity contribution in [3.63, 3.8) is 0 Å². The largest absolute Gasteiger partial charge is 0.494 e. The van der Waals surface area contributed by atoms with Crippen LogP contribution in [0.5, 0.6) is 5.75 Å². The number of carbonyl (C=O) groups excluding carboxylic acids is 1. The first-order chi connectivity index (χ1) is 9.69. The minimum Gasteiger partial charge on any atom is -0.494 e. The van der Waals surface area contributed by atoms with Gasteiger partial charge in [0.05, 0.1) is 18.4 Å². The lowest BCUT2D eigenvalue weighted by Crippen LogP contribution is -2.41. The molecule has 1 aliphatic carbocycles. The lowest BCUT2D eigenvalue weighted by Gasteiger charge is -2.34. The smallest absolute Gasteiger partial charge is 0.257 e. The van der Waals surface area contributed by atoms with Gasteiger partial charge in [0.25, 0.3) is 5.91 Å². The summed E-state index contributed by atoms with van der Waals surface area (Å²) in [6.07, 6.45) is 5.91. The summed E-state index contributed by atoms with van der Waals surface area (Å²) in [5, 5.41) is 0. The molecule has 1 aliphatic rings. The van der Waals surface area contributed by atoms with Crippen molar-refractivity contribution in [2.75, 3.05) is 19.4 Å². The summed E-state index contributed by atoms with van der Waals surface area (Å²) in [4.78, 5) is 14.8. The Morgan fingerprint density at radius 1 is 1.35 bits per heavy atom. The molecule has 2 N–H and O–H groups in total. The Labute approximate surface area is 120 Å². The summed E-state index contributed by atoms with van der Waals surface area (Å²) < 4.78 is 5.31. The molecule has 110 valence electrons. The highest BCUT2D eigenvalue weighted by molar-refractivity contribution is 5.98. The molecule has 0 saturated heterocycles. The molecule has 2 rings (SSSR count). The van der Waals surface area contributed by atoms with Crippen LogP contribution in [0.3, 0.4) is 0 Å². The Morgan fingerprint density at radius 3 is 2.65 bits per heavy atom. The third kappa shape index (κ3) is 2.89. The highest BCUT2D eigenvalue weighted by Crippen LogP contribution is 2.29. The summed E-state index contributed by atoms with van der Waals surface area (Å²) in [7, 11) is 1.55. The van der Waals surface area contributed by atoms with Gasteiger partial charge in [-0.25, -0.2) is 0 Å². The fraction of sp³-hybridized carbons (Fsp3) is 0.562. The topological polar surface area (TPSA) is 55.6 Å². The number of carbonyl (C=O) groups is 1. The normalized spacial score (nSPS) is 15.9. The lowest BCUT2D eigenvalue weighted by atomic mass is 9.93. The number of nitrogens with two attached hydrogens (primary N) is 1. The zero-order chi connectivity index (χ0) is 14.5. The standard InChI is InChI=1S/C16H24N2O2/c1-3-18(12-8-5-4-6-9-12)16(19)13-10-7-11-14(17)15(13)20-2/h7,10-12H,3-6,8-9,17H2,1-2H3. The van der Waals surface area contributed by atoms with E-state index >= 15 is 0 Å². The van der Waals surface area contributed by atoms with Crippen molar-refractivity contribution in [2.45, 2.75) is 45.1 Å². The van der Waals surface area contributed by atoms with Gasteiger partial charge in [-0.3, -0.25) is 4.79 Å². The molecule has 0 spiro atoms. The van der Waals surface area contributed by atoms with Gasteiger partial charge in [0.2, 0.25) is 0 Å². The predicted octanol–water partition coefficient (Wildman–Crippen LogP) is 3.07. The van der Waals surface area contributed by atoms with Gasteiger partial charge in [-0.05, 0) is 31.9 Å². The molecule has 0 atom stereocenters. The second kappa shape index (κ2) is 6.64.